The molecule has 68 valence electrons. The number of halogens is 3. The summed E-state index contributed by atoms with van der Waals surface area (Å²) in [5.74, 6) is 4.27. The summed E-state index contributed by atoms with van der Waals surface area (Å²) in [7, 11) is 0. The molecule has 0 amide bonds. The van der Waals surface area contributed by atoms with Gasteiger partial charge in [-0.05, 0) is 28.1 Å². The summed E-state index contributed by atoms with van der Waals surface area (Å²) in [6, 6.07) is 2.10. The molecular weight excluding hydrogens is 258 g/mol. The number of benzene rings is 1. The lowest BCUT2D eigenvalue weighted by molar-refractivity contribution is 0.592. The highest BCUT2D eigenvalue weighted by Gasteiger charge is 2.05. The van der Waals surface area contributed by atoms with E-state index < -0.39 is 11.6 Å². The Kier molecular flexibility index (Phi) is 3.76. The van der Waals surface area contributed by atoms with Crippen LogP contribution in [0.4, 0.5) is 8.78 Å². The van der Waals surface area contributed by atoms with Gasteiger partial charge in [-0.1, -0.05) is 11.8 Å². The zero-order chi connectivity index (χ0) is 9.84. The van der Waals surface area contributed by atoms with E-state index in [0.717, 1.165) is 12.1 Å². The van der Waals surface area contributed by atoms with E-state index in [1.165, 1.54) is 0 Å². The highest BCUT2D eigenvalue weighted by molar-refractivity contribution is 9.10. The van der Waals surface area contributed by atoms with Crippen molar-refractivity contribution < 1.29 is 8.78 Å². The molecule has 0 radical (unpaired) electrons. The summed E-state index contributed by atoms with van der Waals surface area (Å²) >= 11 is 6.70. The maximum absolute atomic E-state index is 13.0. The third-order valence-corrected chi connectivity index (χ3v) is 2.08. The summed E-state index contributed by atoms with van der Waals surface area (Å²) in [4.78, 5) is 0. The van der Waals surface area contributed by atoms with Crippen molar-refractivity contribution in [1.29, 1.82) is 0 Å². The van der Waals surface area contributed by atoms with Gasteiger partial charge >= 0.3 is 0 Å². The third-order valence-electron chi connectivity index (χ3n) is 1.31. The highest BCUT2D eigenvalue weighted by Crippen LogP contribution is 2.19. The lowest BCUT2D eigenvalue weighted by atomic mass is 10.2. The van der Waals surface area contributed by atoms with E-state index in [0.29, 0.717) is 5.75 Å². The van der Waals surface area contributed by atoms with Crippen LogP contribution in [0.15, 0.2) is 16.6 Å². The molecule has 4 heteroatoms. The molecule has 0 N–H and O–H groups in total. The van der Waals surface area contributed by atoms with Gasteiger partial charge in [0.1, 0.15) is 11.6 Å². The van der Waals surface area contributed by atoms with E-state index in [9.17, 15) is 8.78 Å². The van der Waals surface area contributed by atoms with E-state index in [2.05, 4.69) is 40.4 Å². The van der Waals surface area contributed by atoms with Crippen molar-refractivity contribution in [3.05, 3.63) is 33.8 Å². The Bertz CT molecular complexity index is 379. The van der Waals surface area contributed by atoms with E-state index in [-0.39, 0.29) is 10.0 Å². The predicted molar refractivity (Wildman–Crippen MR) is 54.8 cm³/mol. The van der Waals surface area contributed by atoms with Gasteiger partial charge in [0.05, 0.1) is 15.8 Å². The molecule has 0 aliphatic rings. The molecule has 1 rings (SSSR count). The second-order valence-corrected chi connectivity index (χ2v) is 3.38. The molecule has 0 fully saturated rings. The Morgan fingerprint density at radius 2 is 2.00 bits per heavy atom. The molecule has 0 heterocycles. The van der Waals surface area contributed by atoms with Crippen molar-refractivity contribution in [2.45, 2.75) is 0 Å². The minimum absolute atomic E-state index is 0.0507. The maximum Gasteiger partial charge on any atom is 0.140 e. The first-order valence-electron chi connectivity index (χ1n) is 3.39. The van der Waals surface area contributed by atoms with Crippen LogP contribution >= 0.6 is 28.6 Å². The lowest BCUT2D eigenvalue weighted by Crippen LogP contribution is -1.87. The molecule has 1 aromatic rings. The second-order valence-electron chi connectivity index (χ2n) is 2.21. The fourth-order valence-electron chi connectivity index (χ4n) is 0.753. The van der Waals surface area contributed by atoms with Gasteiger partial charge in [-0.15, -0.1) is 0 Å². The molecule has 0 nitrogen and oxygen atoms in total. The molecule has 0 saturated carbocycles. The third kappa shape index (κ3) is 2.71. The van der Waals surface area contributed by atoms with E-state index in [1.807, 2.05) is 0 Å². The number of thiol groups is 1. The molecule has 13 heavy (non-hydrogen) atoms. The average molecular weight is 263 g/mol. The van der Waals surface area contributed by atoms with Gasteiger partial charge in [-0.3, -0.25) is 0 Å². The SMILES string of the molecule is Fc1cc(C#CCS)c(F)cc1Br. The van der Waals surface area contributed by atoms with Crippen LogP contribution in [0.2, 0.25) is 0 Å². The summed E-state index contributed by atoms with van der Waals surface area (Å²) in [5.41, 5.74) is 0.0507. The normalized spacial score (nSPS) is 9.23. The van der Waals surface area contributed by atoms with Crippen molar-refractivity contribution in [3.63, 3.8) is 0 Å². The molecule has 0 atom stereocenters. The molecule has 0 saturated heterocycles. The van der Waals surface area contributed by atoms with E-state index in [1.54, 1.807) is 0 Å². The molecule has 0 aromatic heterocycles. The standard InChI is InChI=1S/C9H5BrF2S/c10-7-5-8(11)6(2-1-3-13)4-9(7)12/h4-5,13H,3H2. The smallest absolute Gasteiger partial charge is 0.140 e. The van der Waals surface area contributed by atoms with E-state index in [4.69, 9.17) is 0 Å². The topological polar surface area (TPSA) is 0 Å². The number of rotatable bonds is 0. The van der Waals surface area contributed by atoms with Crippen molar-refractivity contribution >= 4 is 28.6 Å². The van der Waals surface area contributed by atoms with Crippen molar-refractivity contribution in [2.24, 2.45) is 0 Å². The quantitative estimate of drug-likeness (QED) is 0.415. The van der Waals surface area contributed by atoms with Gasteiger partial charge in [-0.2, -0.15) is 12.6 Å². The maximum atomic E-state index is 13.0. The lowest BCUT2D eigenvalue weighted by Gasteiger charge is -1.97. The molecular formula is C9H5BrF2S. The molecule has 0 bridgehead atoms. The Balaban J connectivity index is 3.16. The van der Waals surface area contributed by atoms with Crippen LogP contribution in [0.3, 0.4) is 0 Å². The van der Waals surface area contributed by atoms with Crippen LogP contribution in [0.25, 0.3) is 0 Å². The van der Waals surface area contributed by atoms with Crippen LogP contribution in [-0.4, -0.2) is 5.75 Å². The minimum atomic E-state index is -0.539. The van der Waals surface area contributed by atoms with Crippen molar-refractivity contribution in [1.82, 2.24) is 0 Å². The Morgan fingerprint density at radius 1 is 1.31 bits per heavy atom. The van der Waals surface area contributed by atoms with Crippen LogP contribution in [0, 0.1) is 23.5 Å². The fourth-order valence-corrected chi connectivity index (χ4v) is 1.15. The van der Waals surface area contributed by atoms with Crippen LogP contribution < -0.4 is 0 Å². The Hall–Kier alpha value is -0.530. The van der Waals surface area contributed by atoms with E-state index >= 15 is 0 Å². The Morgan fingerprint density at radius 3 is 2.62 bits per heavy atom. The van der Waals surface area contributed by atoms with Crippen LogP contribution in [0.5, 0.6) is 0 Å². The minimum Gasteiger partial charge on any atom is -0.206 e. The first-order chi connectivity index (χ1) is 6.15. The molecule has 0 spiro atoms. The van der Waals surface area contributed by atoms with Gasteiger partial charge < -0.3 is 0 Å². The molecule has 0 unspecified atom stereocenters. The summed E-state index contributed by atoms with van der Waals surface area (Å²) in [6.45, 7) is 0. The van der Waals surface area contributed by atoms with Crippen molar-refractivity contribution in [3.8, 4) is 11.8 Å². The van der Waals surface area contributed by atoms with Crippen LogP contribution in [-0.2, 0) is 0 Å². The highest BCUT2D eigenvalue weighted by atomic mass is 79.9. The molecule has 0 aliphatic heterocycles. The largest absolute Gasteiger partial charge is 0.206 e. The first-order valence-corrected chi connectivity index (χ1v) is 4.82. The number of hydrogen-bond acceptors (Lipinski definition) is 1. The molecule has 0 aliphatic carbocycles. The fraction of sp³-hybridized carbons (Fsp3) is 0.111. The van der Waals surface area contributed by atoms with Crippen LogP contribution in [0.1, 0.15) is 5.56 Å². The Labute approximate surface area is 88.9 Å². The summed E-state index contributed by atoms with van der Waals surface area (Å²) in [6.07, 6.45) is 0. The van der Waals surface area contributed by atoms with Gasteiger partial charge in [0.15, 0.2) is 0 Å². The van der Waals surface area contributed by atoms with Gasteiger partial charge in [-0.25, -0.2) is 8.78 Å². The zero-order valence-corrected chi connectivity index (χ0v) is 8.92. The number of hydrogen-bond donors (Lipinski definition) is 1. The first kappa shape index (κ1) is 10.6. The van der Waals surface area contributed by atoms with Gasteiger partial charge in [0.25, 0.3) is 0 Å². The zero-order valence-electron chi connectivity index (χ0n) is 6.44. The molecule has 1 aromatic carbocycles. The van der Waals surface area contributed by atoms with Crippen molar-refractivity contribution in [2.75, 3.05) is 5.75 Å². The van der Waals surface area contributed by atoms with Gasteiger partial charge in [0.2, 0.25) is 0 Å². The average Bonchev–Trinajstić information content (AvgIpc) is 2.09. The monoisotopic (exact) mass is 262 g/mol. The second kappa shape index (κ2) is 4.64. The van der Waals surface area contributed by atoms with Gasteiger partial charge in [0, 0.05) is 0 Å². The predicted octanol–water partition coefficient (Wildman–Crippen LogP) is 3.01. The summed E-state index contributed by atoms with van der Waals surface area (Å²) in [5, 5.41) is 0. The summed E-state index contributed by atoms with van der Waals surface area (Å²) < 4.78 is 26.0.